The van der Waals surface area contributed by atoms with Crippen LogP contribution in [0.2, 0.25) is 0 Å². The topological polar surface area (TPSA) is 93.0 Å². The number of carbonyl (C=O) groups excluding carboxylic acids is 2. The van der Waals surface area contributed by atoms with Crippen LogP contribution in [0.3, 0.4) is 0 Å². The largest absolute Gasteiger partial charge is 0.545 e. The highest BCUT2D eigenvalue weighted by molar-refractivity contribution is 6.10. The van der Waals surface area contributed by atoms with Crippen LogP contribution in [0.25, 0.3) is 6.08 Å². The molecule has 0 radical (unpaired) electrons. The minimum Gasteiger partial charge on any atom is -0.545 e. The maximum absolute atomic E-state index is 12.3. The van der Waals surface area contributed by atoms with E-state index >= 15 is 0 Å². The molecule has 1 N–H and O–H groups in total. The summed E-state index contributed by atoms with van der Waals surface area (Å²) in [7, 11) is 0. The van der Waals surface area contributed by atoms with E-state index in [0.717, 1.165) is 11.1 Å². The lowest BCUT2D eigenvalue weighted by Crippen LogP contribution is -2.21. The number of anilines is 1. The molecule has 0 atom stereocenters. The van der Waals surface area contributed by atoms with E-state index in [1.54, 1.807) is 0 Å². The van der Waals surface area contributed by atoms with Gasteiger partial charge in [-0.15, -0.1) is 0 Å². The van der Waals surface area contributed by atoms with E-state index in [9.17, 15) is 20.0 Å². The fourth-order valence-electron chi connectivity index (χ4n) is 2.22. The van der Waals surface area contributed by atoms with E-state index in [1.165, 1.54) is 30.3 Å². The van der Waals surface area contributed by atoms with Crippen molar-refractivity contribution < 1.29 is 14.7 Å². The van der Waals surface area contributed by atoms with E-state index in [2.05, 4.69) is 5.32 Å². The number of carboxylic acids is 1. The Morgan fingerprint density at radius 1 is 1.08 bits per heavy atom. The Morgan fingerprint density at radius 3 is 2.17 bits per heavy atom. The fourth-order valence-corrected chi connectivity index (χ4v) is 2.22. The third-order valence-electron chi connectivity index (χ3n) is 3.54. The molecular formula is C19H15N2O3-. The van der Waals surface area contributed by atoms with Crippen LogP contribution >= 0.6 is 0 Å². The summed E-state index contributed by atoms with van der Waals surface area (Å²) in [6.45, 7) is 3.74. The number of rotatable bonds is 4. The molecule has 0 saturated heterocycles. The summed E-state index contributed by atoms with van der Waals surface area (Å²) in [5, 5.41) is 22.7. The van der Waals surface area contributed by atoms with Crippen molar-refractivity contribution in [1.82, 2.24) is 0 Å². The summed E-state index contributed by atoms with van der Waals surface area (Å²) in [5.74, 6) is -1.79. The Morgan fingerprint density at radius 2 is 1.67 bits per heavy atom. The van der Waals surface area contributed by atoms with Gasteiger partial charge in [-0.3, -0.25) is 4.79 Å². The minimum atomic E-state index is -1.28. The van der Waals surface area contributed by atoms with Crippen molar-refractivity contribution in [1.29, 1.82) is 5.26 Å². The van der Waals surface area contributed by atoms with Crippen molar-refractivity contribution in [3.63, 3.8) is 0 Å². The highest BCUT2D eigenvalue weighted by Gasteiger charge is 2.12. The molecule has 2 aromatic carbocycles. The second-order valence-corrected chi connectivity index (χ2v) is 5.30. The van der Waals surface area contributed by atoms with Gasteiger partial charge in [-0.1, -0.05) is 42.5 Å². The number of nitrogens with one attached hydrogen (secondary N) is 1. The molecule has 5 nitrogen and oxygen atoms in total. The molecule has 0 aromatic heterocycles. The number of nitrogens with zero attached hydrogens (tertiary/aromatic N) is 1. The van der Waals surface area contributed by atoms with Crippen LogP contribution in [0.5, 0.6) is 0 Å². The molecule has 2 aromatic rings. The van der Waals surface area contributed by atoms with E-state index in [4.69, 9.17) is 0 Å². The van der Waals surface area contributed by atoms with E-state index < -0.39 is 11.9 Å². The number of carbonyl (C=O) groups is 2. The van der Waals surface area contributed by atoms with Gasteiger partial charge in [0.1, 0.15) is 11.6 Å². The first-order valence-electron chi connectivity index (χ1n) is 7.23. The third-order valence-corrected chi connectivity index (χ3v) is 3.54. The summed E-state index contributed by atoms with van der Waals surface area (Å²) < 4.78 is 0. The van der Waals surface area contributed by atoms with Gasteiger partial charge >= 0.3 is 0 Å². The highest BCUT2D eigenvalue weighted by atomic mass is 16.4. The van der Waals surface area contributed by atoms with Crippen molar-refractivity contribution >= 4 is 23.6 Å². The molecule has 2 rings (SSSR count). The van der Waals surface area contributed by atoms with Gasteiger partial charge in [-0.25, -0.2) is 0 Å². The lowest BCUT2D eigenvalue weighted by Gasteiger charge is -2.11. The Kier molecular flexibility index (Phi) is 5.13. The number of benzene rings is 2. The Hall–Kier alpha value is -3.39. The average Bonchev–Trinajstić information content (AvgIpc) is 2.56. The molecule has 0 unspecified atom stereocenters. The number of amides is 1. The van der Waals surface area contributed by atoms with Crippen LogP contribution in [0.4, 0.5) is 5.69 Å². The van der Waals surface area contributed by atoms with Crippen molar-refractivity contribution in [3.8, 4) is 6.07 Å². The molecular weight excluding hydrogens is 304 g/mol. The van der Waals surface area contributed by atoms with Gasteiger partial charge < -0.3 is 15.2 Å². The lowest BCUT2D eigenvalue weighted by atomic mass is 10.1. The molecule has 0 saturated carbocycles. The number of aromatic carboxylic acids is 1. The van der Waals surface area contributed by atoms with Crippen LogP contribution < -0.4 is 10.4 Å². The van der Waals surface area contributed by atoms with Gasteiger partial charge in [0, 0.05) is 5.69 Å². The average molecular weight is 319 g/mol. The first-order valence-corrected chi connectivity index (χ1v) is 7.23. The van der Waals surface area contributed by atoms with E-state index in [-0.39, 0.29) is 11.1 Å². The van der Waals surface area contributed by atoms with Crippen LogP contribution in [-0.2, 0) is 4.79 Å². The van der Waals surface area contributed by atoms with Crippen LogP contribution in [0.1, 0.15) is 27.0 Å². The van der Waals surface area contributed by atoms with Crippen molar-refractivity contribution in [2.45, 2.75) is 13.8 Å². The predicted molar refractivity (Wildman–Crippen MR) is 88.9 cm³/mol. The number of hydrogen-bond donors (Lipinski definition) is 1. The first-order chi connectivity index (χ1) is 11.4. The molecule has 0 aliphatic carbocycles. The molecule has 5 heteroatoms. The Balaban J connectivity index is 2.26. The summed E-state index contributed by atoms with van der Waals surface area (Å²) >= 11 is 0. The summed E-state index contributed by atoms with van der Waals surface area (Å²) in [6, 6.07) is 13.2. The smallest absolute Gasteiger partial charge is 0.266 e. The molecule has 0 heterocycles. The number of hydrogen-bond acceptors (Lipinski definition) is 4. The summed E-state index contributed by atoms with van der Waals surface area (Å²) in [4.78, 5) is 23.0. The van der Waals surface area contributed by atoms with Gasteiger partial charge in [0.05, 0.1) is 5.97 Å². The minimum absolute atomic E-state index is 0.0330. The monoisotopic (exact) mass is 319 g/mol. The van der Waals surface area contributed by atoms with Gasteiger partial charge in [-0.05, 0) is 42.2 Å². The first kappa shape index (κ1) is 17.0. The number of aryl methyl sites for hydroxylation is 2. The molecule has 0 spiro atoms. The fraction of sp³-hybridized carbons (Fsp3) is 0.105. The van der Waals surface area contributed by atoms with Crippen LogP contribution in [0, 0.1) is 25.2 Å². The van der Waals surface area contributed by atoms with Gasteiger partial charge in [0.25, 0.3) is 5.91 Å². The van der Waals surface area contributed by atoms with Crippen LogP contribution in [-0.4, -0.2) is 11.9 Å². The number of nitriles is 1. The van der Waals surface area contributed by atoms with E-state index in [1.807, 2.05) is 38.1 Å². The maximum Gasteiger partial charge on any atom is 0.266 e. The summed E-state index contributed by atoms with van der Waals surface area (Å²) in [5.41, 5.74) is 2.99. The van der Waals surface area contributed by atoms with Gasteiger partial charge in [0.15, 0.2) is 0 Å². The lowest BCUT2D eigenvalue weighted by molar-refractivity contribution is -0.255. The van der Waals surface area contributed by atoms with Crippen molar-refractivity contribution in [2.24, 2.45) is 0 Å². The third kappa shape index (κ3) is 3.87. The molecule has 1 amide bonds. The van der Waals surface area contributed by atoms with Gasteiger partial charge in [-0.2, -0.15) is 5.26 Å². The molecule has 0 aliphatic heterocycles. The Bertz CT molecular complexity index is 839. The zero-order chi connectivity index (χ0) is 17.7. The van der Waals surface area contributed by atoms with Crippen molar-refractivity contribution in [3.05, 3.63) is 70.3 Å². The maximum atomic E-state index is 12.3. The SMILES string of the molecule is Cc1cccc(C)c1NC(=O)/C(C#N)=C/c1ccc(C(=O)[O-])cc1. The number of carboxylic acid groups (broad SMARTS) is 1. The predicted octanol–water partition coefficient (Wildman–Crippen LogP) is 2.21. The van der Waals surface area contributed by atoms with Crippen LogP contribution in [0.15, 0.2) is 48.0 Å². The summed E-state index contributed by atoms with van der Waals surface area (Å²) in [6.07, 6.45) is 1.40. The quantitative estimate of drug-likeness (QED) is 0.690. The van der Waals surface area contributed by atoms with Gasteiger partial charge in [0.2, 0.25) is 0 Å². The molecule has 0 aliphatic rings. The number of para-hydroxylation sites is 1. The Labute approximate surface area is 139 Å². The second-order valence-electron chi connectivity index (χ2n) is 5.30. The van der Waals surface area contributed by atoms with Crippen molar-refractivity contribution in [2.75, 3.05) is 5.32 Å². The highest BCUT2D eigenvalue weighted by Crippen LogP contribution is 2.20. The normalized spacial score (nSPS) is 10.8. The molecule has 24 heavy (non-hydrogen) atoms. The molecule has 0 fully saturated rings. The molecule has 0 bridgehead atoms. The van der Waals surface area contributed by atoms with E-state index in [0.29, 0.717) is 11.3 Å². The zero-order valence-electron chi connectivity index (χ0n) is 13.3. The molecule has 120 valence electrons. The standard InChI is InChI=1S/C19H16N2O3/c1-12-4-3-5-13(2)17(12)21-18(22)16(11-20)10-14-6-8-15(9-7-14)19(23)24/h3-10H,1-2H3,(H,21,22)(H,23,24)/p-1/b16-10+. The zero-order valence-corrected chi connectivity index (χ0v) is 13.3. The second kappa shape index (κ2) is 7.25.